The van der Waals surface area contributed by atoms with Crippen molar-refractivity contribution in [2.75, 3.05) is 13.1 Å². The van der Waals surface area contributed by atoms with E-state index in [1.807, 2.05) is 0 Å². The number of hydrogen-bond donors (Lipinski definition) is 2. The average Bonchev–Trinajstić information content (AvgIpc) is 2.25. The Balaban J connectivity index is 2.47. The highest BCUT2D eigenvalue weighted by Crippen LogP contribution is 2.17. The molecule has 1 rings (SSSR count). The lowest BCUT2D eigenvalue weighted by Gasteiger charge is -2.21. The third kappa shape index (κ3) is 4.28. The number of allylic oxidation sites excluding steroid dienone is 1. The maximum absolute atomic E-state index is 11.4. The van der Waals surface area contributed by atoms with Crippen LogP contribution in [-0.2, 0) is 19.2 Å². The third-order valence-corrected chi connectivity index (χ3v) is 2.79. The molecule has 0 radical (unpaired) electrons. The van der Waals surface area contributed by atoms with Gasteiger partial charge in [0.25, 0.3) is 0 Å². The lowest BCUT2D eigenvalue weighted by atomic mass is 10.2. The molecule has 0 atom stereocenters. The molecule has 1 aliphatic rings. The number of carbonyl (C=O) groups excluding carboxylic acids is 3. The second kappa shape index (κ2) is 6.29. The fourth-order valence-corrected chi connectivity index (χ4v) is 1.64. The van der Waals surface area contributed by atoms with Gasteiger partial charge in [0.1, 0.15) is 6.54 Å². The summed E-state index contributed by atoms with van der Waals surface area (Å²) in [5, 5.41) is 10.7. The SMILES string of the molecule is O=C(O)CCNC(=O)CN1C=C(Br)C(=O)CC1=O. The molecule has 0 spiro atoms. The predicted molar refractivity (Wildman–Crippen MR) is 63.6 cm³/mol. The van der Waals surface area contributed by atoms with E-state index in [1.165, 1.54) is 6.20 Å². The molecule has 0 saturated heterocycles. The van der Waals surface area contributed by atoms with Crippen LogP contribution in [0.3, 0.4) is 0 Å². The molecule has 1 aliphatic heterocycles. The number of rotatable bonds is 5. The van der Waals surface area contributed by atoms with Crippen LogP contribution in [0.5, 0.6) is 0 Å². The summed E-state index contributed by atoms with van der Waals surface area (Å²) in [6.07, 6.45) is 0.794. The Kier molecular flexibility index (Phi) is 5.02. The van der Waals surface area contributed by atoms with E-state index in [-0.39, 0.29) is 36.2 Å². The first kappa shape index (κ1) is 14.4. The van der Waals surface area contributed by atoms with Gasteiger partial charge in [0.15, 0.2) is 5.78 Å². The Labute approximate surface area is 111 Å². The van der Waals surface area contributed by atoms with Crippen molar-refractivity contribution in [1.29, 1.82) is 0 Å². The molecular formula is C10H11BrN2O5. The fourth-order valence-electron chi connectivity index (χ4n) is 1.26. The summed E-state index contributed by atoms with van der Waals surface area (Å²) in [5.74, 6) is -2.28. The number of aliphatic carboxylic acids is 1. The predicted octanol–water partition coefficient (Wildman–Crippen LogP) is -0.385. The molecule has 2 N–H and O–H groups in total. The molecule has 0 aromatic carbocycles. The summed E-state index contributed by atoms with van der Waals surface area (Å²) in [6.45, 7) is -0.235. The number of carbonyl (C=O) groups is 4. The second-order valence-electron chi connectivity index (χ2n) is 3.59. The number of nitrogens with one attached hydrogen (secondary N) is 1. The number of nitrogens with zero attached hydrogens (tertiary/aromatic N) is 1. The van der Waals surface area contributed by atoms with Gasteiger partial charge in [-0.2, -0.15) is 0 Å². The van der Waals surface area contributed by atoms with E-state index >= 15 is 0 Å². The summed E-state index contributed by atoms with van der Waals surface area (Å²) in [4.78, 5) is 45.3. The molecule has 98 valence electrons. The lowest BCUT2D eigenvalue weighted by Crippen LogP contribution is -2.41. The van der Waals surface area contributed by atoms with E-state index in [9.17, 15) is 19.2 Å². The summed E-state index contributed by atoms with van der Waals surface area (Å²) in [6, 6.07) is 0. The van der Waals surface area contributed by atoms with Crippen molar-refractivity contribution in [1.82, 2.24) is 10.2 Å². The first-order chi connectivity index (χ1) is 8.40. The van der Waals surface area contributed by atoms with Crippen LogP contribution < -0.4 is 5.32 Å². The van der Waals surface area contributed by atoms with Crippen molar-refractivity contribution in [3.8, 4) is 0 Å². The quantitative estimate of drug-likeness (QED) is 0.672. The third-order valence-electron chi connectivity index (χ3n) is 2.14. The van der Waals surface area contributed by atoms with Crippen LogP contribution in [0.2, 0.25) is 0 Å². The Hall–Kier alpha value is -1.70. The normalized spacial score (nSPS) is 15.4. The van der Waals surface area contributed by atoms with Crippen molar-refractivity contribution in [3.05, 3.63) is 10.7 Å². The zero-order chi connectivity index (χ0) is 13.7. The average molecular weight is 319 g/mol. The summed E-state index contributed by atoms with van der Waals surface area (Å²) >= 11 is 2.99. The van der Waals surface area contributed by atoms with Gasteiger partial charge in [-0.1, -0.05) is 0 Å². The Bertz CT molecular complexity index is 432. The summed E-state index contributed by atoms with van der Waals surface area (Å²) in [5.41, 5.74) is 0. The maximum Gasteiger partial charge on any atom is 0.305 e. The van der Waals surface area contributed by atoms with Crippen molar-refractivity contribution in [2.45, 2.75) is 12.8 Å². The van der Waals surface area contributed by atoms with E-state index in [2.05, 4.69) is 21.2 Å². The largest absolute Gasteiger partial charge is 0.481 e. The van der Waals surface area contributed by atoms with Gasteiger partial charge >= 0.3 is 5.97 Å². The molecular weight excluding hydrogens is 308 g/mol. The van der Waals surface area contributed by atoms with Crippen molar-refractivity contribution < 1.29 is 24.3 Å². The highest BCUT2D eigenvalue weighted by molar-refractivity contribution is 9.12. The smallest absolute Gasteiger partial charge is 0.305 e. The molecule has 1 heterocycles. The Morgan fingerprint density at radius 1 is 1.44 bits per heavy atom. The van der Waals surface area contributed by atoms with Gasteiger partial charge in [0.05, 0.1) is 17.3 Å². The molecule has 8 heteroatoms. The van der Waals surface area contributed by atoms with Crippen LogP contribution in [0.1, 0.15) is 12.8 Å². The zero-order valence-corrected chi connectivity index (χ0v) is 10.9. The monoisotopic (exact) mass is 318 g/mol. The van der Waals surface area contributed by atoms with Crippen LogP contribution in [0, 0.1) is 0 Å². The van der Waals surface area contributed by atoms with Crippen LogP contribution in [0.4, 0.5) is 0 Å². The molecule has 0 aromatic heterocycles. The zero-order valence-electron chi connectivity index (χ0n) is 9.31. The molecule has 7 nitrogen and oxygen atoms in total. The number of carboxylic acids is 1. The minimum absolute atomic E-state index is 0.0000115. The Morgan fingerprint density at radius 2 is 2.11 bits per heavy atom. The highest BCUT2D eigenvalue weighted by Gasteiger charge is 2.25. The van der Waals surface area contributed by atoms with E-state index in [0.29, 0.717) is 0 Å². The van der Waals surface area contributed by atoms with Gasteiger partial charge in [0, 0.05) is 12.7 Å². The van der Waals surface area contributed by atoms with Gasteiger partial charge in [-0.3, -0.25) is 19.2 Å². The molecule has 0 fully saturated rings. The van der Waals surface area contributed by atoms with E-state index in [4.69, 9.17) is 5.11 Å². The van der Waals surface area contributed by atoms with Gasteiger partial charge in [0.2, 0.25) is 11.8 Å². The van der Waals surface area contributed by atoms with E-state index < -0.39 is 17.8 Å². The van der Waals surface area contributed by atoms with Gasteiger partial charge in [-0.25, -0.2) is 0 Å². The topological polar surface area (TPSA) is 104 Å². The molecule has 0 bridgehead atoms. The number of hydrogen-bond acceptors (Lipinski definition) is 4. The molecule has 0 saturated carbocycles. The van der Waals surface area contributed by atoms with Gasteiger partial charge < -0.3 is 15.3 Å². The number of carboxylic acid groups (broad SMARTS) is 1. The molecule has 0 unspecified atom stereocenters. The minimum atomic E-state index is -1.02. The molecule has 2 amide bonds. The second-order valence-corrected chi connectivity index (χ2v) is 4.45. The van der Waals surface area contributed by atoms with Crippen LogP contribution in [0.25, 0.3) is 0 Å². The number of ketones is 1. The minimum Gasteiger partial charge on any atom is -0.481 e. The van der Waals surface area contributed by atoms with Crippen LogP contribution in [-0.4, -0.2) is 46.7 Å². The van der Waals surface area contributed by atoms with Crippen molar-refractivity contribution in [2.24, 2.45) is 0 Å². The molecule has 18 heavy (non-hydrogen) atoms. The number of amides is 2. The number of halogens is 1. The Morgan fingerprint density at radius 3 is 2.72 bits per heavy atom. The lowest BCUT2D eigenvalue weighted by molar-refractivity contribution is -0.138. The highest BCUT2D eigenvalue weighted by atomic mass is 79.9. The van der Waals surface area contributed by atoms with E-state index in [0.717, 1.165) is 4.90 Å². The van der Waals surface area contributed by atoms with Gasteiger partial charge in [-0.15, -0.1) is 0 Å². The standard InChI is InChI=1S/C10H11BrN2O5/c11-6-4-13(9(16)3-7(6)14)5-8(15)12-2-1-10(17)18/h4H,1-3,5H2,(H,12,15)(H,17,18). The molecule has 0 aromatic rings. The summed E-state index contributed by atoms with van der Waals surface area (Å²) < 4.78 is 0.237. The van der Waals surface area contributed by atoms with Crippen molar-refractivity contribution in [3.63, 3.8) is 0 Å². The summed E-state index contributed by atoms with van der Waals surface area (Å²) in [7, 11) is 0. The molecule has 0 aliphatic carbocycles. The first-order valence-electron chi connectivity index (χ1n) is 5.08. The first-order valence-corrected chi connectivity index (χ1v) is 5.88. The maximum atomic E-state index is 11.4. The van der Waals surface area contributed by atoms with Crippen LogP contribution >= 0.6 is 15.9 Å². The van der Waals surface area contributed by atoms with Crippen molar-refractivity contribution >= 4 is 39.5 Å². The van der Waals surface area contributed by atoms with E-state index in [1.54, 1.807) is 0 Å². The fraction of sp³-hybridized carbons (Fsp3) is 0.400. The van der Waals surface area contributed by atoms with Crippen LogP contribution in [0.15, 0.2) is 10.7 Å². The number of Topliss-reactive ketones (excluding diaryl/α,β-unsaturated/α-hetero) is 1. The van der Waals surface area contributed by atoms with Gasteiger partial charge in [-0.05, 0) is 15.9 Å².